The lowest BCUT2D eigenvalue weighted by atomic mass is 10.3. The van der Waals surface area contributed by atoms with Crippen molar-refractivity contribution in [1.29, 1.82) is 0 Å². The van der Waals surface area contributed by atoms with Crippen molar-refractivity contribution < 1.29 is 17.5 Å². The molecule has 0 unspecified atom stereocenters. The maximum absolute atomic E-state index is 13.4. The number of para-hydroxylation sites is 1. The number of halogens is 1. The summed E-state index contributed by atoms with van der Waals surface area (Å²) in [6.07, 6.45) is 2.51. The predicted octanol–water partition coefficient (Wildman–Crippen LogP) is 2.67. The van der Waals surface area contributed by atoms with Crippen molar-refractivity contribution >= 4 is 15.9 Å². The van der Waals surface area contributed by atoms with Crippen LogP contribution < -0.4 is 4.74 Å². The first-order chi connectivity index (χ1) is 9.54. The standard InChI is InChI=1S/C14H12FNO3S/c1-19-13-6-2-3-7-14(13)20(17,18)10-8-12-11(15)5-4-9-16-12/h2-10H,1H3/b10-8+. The van der Waals surface area contributed by atoms with Crippen LogP contribution in [0.15, 0.2) is 52.9 Å². The van der Waals surface area contributed by atoms with Crippen LogP contribution in [0, 0.1) is 5.82 Å². The molecule has 0 spiro atoms. The molecule has 1 aromatic heterocycles. The van der Waals surface area contributed by atoms with Crippen molar-refractivity contribution in [3.05, 3.63) is 59.5 Å². The Kier molecular flexibility index (Phi) is 4.14. The molecule has 0 atom stereocenters. The van der Waals surface area contributed by atoms with Crippen molar-refractivity contribution in [3.63, 3.8) is 0 Å². The van der Waals surface area contributed by atoms with E-state index in [0.717, 1.165) is 11.5 Å². The second kappa shape index (κ2) is 5.83. The number of hydrogen-bond donors (Lipinski definition) is 0. The van der Waals surface area contributed by atoms with Gasteiger partial charge in [0.05, 0.1) is 12.8 Å². The highest BCUT2D eigenvalue weighted by atomic mass is 32.2. The number of sulfone groups is 1. The number of pyridine rings is 1. The average Bonchev–Trinajstić information content (AvgIpc) is 2.46. The summed E-state index contributed by atoms with van der Waals surface area (Å²) >= 11 is 0. The molecule has 0 amide bonds. The Balaban J connectivity index is 2.39. The highest BCUT2D eigenvalue weighted by Gasteiger charge is 2.16. The predicted molar refractivity (Wildman–Crippen MR) is 73.4 cm³/mol. The molecule has 2 rings (SSSR count). The van der Waals surface area contributed by atoms with Crippen LogP contribution in [-0.2, 0) is 9.84 Å². The Morgan fingerprint density at radius 1 is 1.20 bits per heavy atom. The van der Waals surface area contributed by atoms with E-state index < -0.39 is 15.7 Å². The van der Waals surface area contributed by atoms with E-state index in [1.54, 1.807) is 18.2 Å². The Morgan fingerprint density at radius 2 is 1.95 bits per heavy atom. The third-order valence-electron chi connectivity index (χ3n) is 2.57. The second-order valence-corrected chi connectivity index (χ2v) is 5.67. The number of benzene rings is 1. The van der Waals surface area contributed by atoms with Crippen LogP contribution in [0.4, 0.5) is 4.39 Å². The molecular weight excluding hydrogens is 281 g/mol. The molecule has 104 valence electrons. The molecule has 1 heterocycles. The van der Waals surface area contributed by atoms with E-state index in [1.807, 2.05) is 0 Å². The van der Waals surface area contributed by atoms with Gasteiger partial charge in [0.15, 0.2) is 0 Å². The summed E-state index contributed by atoms with van der Waals surface area (Å²) in [6.45, 7) is 0. The van der Waals surface area contributed by atoms with Crippen LogP contribution in [0.1, 0.15) is 5.69 Å². The molecule has 0 aliphatic rings. The van der Waals surface area contributed by atoms with Crippen LogP contribution in [-0.4, -0.2) is 20.5 Å². The van der Waals surface area contributed by atoms with E-state index in [9.17, 15) is 12.8 Å². The third kappa shape index (κ3) is 3.03. The number of ether oxygens (including phenoxy) is 1. The number of rotatable bonds is 4. The first-order valence-corrected chi connectivity index (χ1v) is 7.26. The van der Waals surface area contributed by atoms with Crippen molar-refractivity contribution in [2.75, 3.05) is 7.11 Å². The summed E-state index contributed by atoms with van der Waals surface area (Å²) in [6, 6.07) is 8.86. The summed E-state index contributed by atoms with van der Waals surface area (Å²) in [7, 11) is -2.34. The summed E-state index contributed by atoms with van der Waals surface area (Å²) in [5.74, 6) is -0.349. The number of methoxy groups -OCH3 is 1. The van der Waals surface area contributed by atoms with E-state index in [4.69, 9.17) is 4.74 Å². The summed E-state index contributed by atoms with van der Waals surface area (Å²) in [5, 5.41) is 0.913. The highest BCUT2D eigenvalue weighted by Crippen LogP contribution is 2.25. The van der Waals surface area contributed by atoms with Gasteiger partial charge >= 0.3 is 0 Å². The van der Waals surface area contributed by atoms with Crippen LogP contribution in [0.3, 0.4) is 0 Å². The summed E-state index contributed by atoms with van der Waals surface area (Å²) < 4.78 is 42.7. The molecular formula is C14H12FNO3S. The largest absolute Gasteiger partial charge is 0.495 e. The molecule has 20 heavy (non-hydrogen) atoms. The first-order valence-electron chi connectivity index (χ1n) is 5.71. The monoisotopic (exact) mass is 293 g/mol. The lowest BCUT2D eigenvalue weighted by Crippen LogP contribution is -2.00. The van der Waals surface area contributed by atoms with Gasteiger partial charge < -0.3 is 4.74 Å². The molecule has 4 nitrogen and oxygen atoms in total. The minimum Gasteiger partial charge on any atom is -0.495 e. The Bertz CT molecular complexity index is 742. The zero-order valence-corrected chi connectivity index (χ0v) is 11.5. The molecule has 0 saturated carbocycles. The molecule has 0 fully saturated rings. The molecule has 6 heteroatoms. The number of aromatic nitrogens is 1. The van der Waals surface area contributed by atoms with Gasteiger partial charge in [-0.05, 0) is 30.3 Å². The van der Waals surface area contributed by atoms with Crippen molar-refractivity contribution in [1.82, 2.24) is 4.98 Å². The van der Waals surface area contributed by atoms with Crippen LogP contribution in [0.25, 0.3) is 6.08 Å². The lowest BCUT2D eigenvalue weighted by Gasteiger charge is -2.05. The number of hydrogen-bond acceptors (Lipinski definition) is 4. The molecule has 2 aromatic rings. The van der Waals surface area contributed by atoms with E-state index >= 15 is 0 Å². The topological polar surface area (TPSA) is 56.3 Å². The fourth-order valence-corrected chi connectivity index (χ4v) is 2.76. The van der Waals surface area contributed by atoms with Gasteiger partial charge in [-0.2, -0.15) is 0 Å². The maximum atomic E-state index is 13.4. The Morgan fingerprint density at radius 3 is 2.65 bits per heavy atom. The zero-order chi connectivity index (χ0) is 14.6. The van der Waals surface area contributed by atoms with Crippen molar-refractivity contribution in [3.8, 4) is 5.75 Å². The van der Waals surface area contributed by atoms with E-state index in [0.29, 0.717) is 0 Å². The van der Waals surface area contributed by atoms with E-state index in [2.05, 4.69) is 4.98 Å². The van der Waals surface area contributed by atoms with Crippen molar-refractivity contribution in [2.45, 2.75) is 4.90 Å². The van der Waals surface area contributed by atoms with Gasteiger partial charge in [0.25, 0.3) is 0 Å². The Hall–Kier alpha value is -2.21. The smallest absolute Gasteiger partial charge is 0.203 e. The van der Waals surface area contributed by atoms with Crippen molar-refractivity contribution in [2.24, 2.45) is 0 Å². The first kappa shape index (κ1) is 14.2. The van der Waals surface area contributed by atoms with Gasteiger partial charge in [0.2, 0.25) is 9.84 Å². The van der Waals surface area contributed by atoms with Gasteiger partial charge in [-0.3, -0.25) is 4.98 Å². The highest BCUT2D eigenvalue weighted by molar-refractivity contribution is 7.94. The lowest BCUT2D eigenvalue weighted by molar-refractivity contribution is 0.403. The van der Waals surface area contributed by atoms with E-state index in [-0.39, 0.29) is 16.3 Å². The molecule has 0 aliphatic carbocycles. The molecule has 0 aliphatic heterocycles. The van der Waals surface area contributed by atoms with Gasteiger partial charge in [0, 0.05) is 11.6 Å². The fraction of sp³-hybridized carbons (Fsp3) is 0.0714. The van der Waals surface area contributed by atoms with Crippen LogP contribution in [0.5, 0.6) is 5.75 Å². The van der Waals surface area contributed by atoms with Gasteiger partial charge in [0.1, 0.15) is 16.5 Å². The maximum Gasteiger partial charge on any atom is 0.203 e. The van der Waals surface area contributed by atoms with Crippen LogP contribution >= 0.6 is 0 Å². The third-order valence-corrected chi connectivity index (χ3v) is 4.01. The van der Waals surface area contributed by atoms with Gasteiger partial charge in [-0.25, -0.2) is 12.8 Å². The average molecular weight is 293 g/mol. The molecule has 0 saturated heterocycles. The van der Waals surface area contributed by atoms with E-state index in [1.165, 1.54) is 31.5 Å². The van der Waals surface area contributed by atoms with Gasteiger partial charge in [-0.1, -0.05) is 12.1 Å². The van der Waals surface area contributed by atoms with Gasteiger partial charge in [-0.15, -0.1) is 0 Å². The Labute approximate surface area is 116 Å². The van der Waals surface area contributed by atoms with Crippen LogP contribution in [0.2, 0.25) is 0 Å². The SMILES string of the molecule is COc1ccccc1S(=O)(=O)/C=C/c1ncccc1F. The summed E-state index contributed by atoms with van der Waals surface area (Å²) in [4.78, 5) is 3.78. The normalized spacial score (nSPS) is 11.7. The fourth-order valence-electron chi connectivity index (χ4n) is 1.60. The zero-order valence-electron chi connectivity index (χ0n) is 10.7. The second-order valence-electron chi connectivity index (χ2n) is 3.87. The number of nitrogens with zero attached hydrogens (tertiary/aromatic N) is 1. The molecule has 0 N–H and O–H groups in total. The minimum atomic E-state index is -3.73. The molecule has 0 bridgehead atoms. The quantitative estimate of drug-likeness (QED) is 0.869. The molecule has 1 aromatic carbocycles. The minimum absolute atomic E-state index is 0.0232. The summed E-state index contributed by atoms with van der Waals surface area (Å²) in [5.41, 5.74) is -0.0361. The molecule has 0 radical (unpaired) electrons.